The molecule has 4 rings (SSSR count). The first-order valence-electron chi connectivity index (χ1n) is 9.61. The summed E-state index contributed by atoms with van der Waals surface area (Å²) >= 11 is 0.882. The number of thioether (sulfide) groups is 1. The zero-order chi connectivity index (χ0) is 22.5. The lowest BCUT2D eigenvalue weighted by Crippen LogP contribution is -2.27. The number of halogens is 1. The third-order valence-electron chi connectivity index (χ3n) is 4.48. The fourth-order valence-electron chi connectivity index (χ4n) is 2.96. The van der Waals surface area contributed by atoms with E-state index in [1.165, 1.54) is 24.3 Å². The molecule has 0 radical (unpaired) electrons. The molecule has 0 saturated carbocycles. The summed E-state index contributed by atoms with van der Waals surface area (Å²) in [6, 6.07) is 21.0. The Bertz CT molecular complexity index is 1180. The van der Waals surface area contributed by atoms with E-state index in [1.807, 2.05) is 6.07 Å². The average molecular weight is 448 g/mol. The third-order valence-corrected chi connectivity index (χ3v) is 5.35. The minimum absolute atomic E-state index is 0.216. The lowest BCUT2D eigenvalue weighted by atomic mass is 10.2. The predicted molar refractivity (Wildman–Crippen MR) is 122 cm³/mol. The van der Waals surface area contributed by atoms with Crippen LogP contribution in [0.25, 0.3) is 6.08 Å². The molecule has 6 nitrogen and oxygen atoms in total. The Hall–Kier alpha value is -3.91. The maximum atomic E-state index is 12.9. The lowest BCUT2D eigenvalue weighted by molar-refractivity contribution is -0.118. The van der Waals surface area contributed by atoms with Crippen molar-refractivity contribution in [2.45, 2.75) is 0 Å². The monoisotopic (exact) mass is 448 g/mol. The van der Waals surface area contributed by atoms with Crippen LogP contribution >= 0.6 is 11.8 Å². The predicted octanol–water partition coefficient (Wildman–Crippen LogP) is 5.08. The van der Waals surface area contributed by atoms with Crippen molar-refractivity contribution in [3.8, 4) is 5.75 Å². The molecule has 0 spiro atoms. The summed E-state index contributed by atoms with van der Waals surface area (Å²) in [6.45, 7) is -0.216. The first kappa shape index (κ1) is 21.3. The van der Waals surface area contributed by atoms with Gasteiger partial charge in [-0.15, -0.1) is 0 Å². The number of carbonyl (C=O) groups excluding carboxylic acids is 3. The van der Waals surface area contributed by atoms with Gasteiger partial charge in [0.05, 0.1) is 10.6 Å². The van der Waals surface area contributed by atoms with Crippen molar-refractivity contribution in [1.29, 1.82) is 0 Å². The van der Waals surface area contributed by atoms with Crippen molar-refractivity contribution in [1.82, 2.24) is 0 Å². The Morgan fingerprint density at radius 3 is 2.34 bits per heavy atom. The van der Waals surface area contributed by atoms with Crippen molar-refractivity contribution in [2.24, 2.45) is 0 Å². The van der Waals surface area contributed by atoms with Crippen molar-refractivity contribution >= 4 is 46.3 Å². The van der Waals surface area contributed by atoms with Gasteiger partial charge in [0.15, 0.2) is 6.61 Å². The molecular formula is C24H17FN2O4S. The number of hydrogen-bond donors (Lipinski definition) is 1. The molecule has 0 bridgehead atoms. The van der Waals surface area contributed by atoms with Gasteiger partial charge in [0.2, 0.25) is 0 Å². The SMILES string of the molecule is O=C(COc1ccc(/C=C2/SC(=O)N(c3ccccc3)C2=O)cc1)Nc1ccc(F)cc1. The van der Waals surface area contributed by atoms with Crippen LogP contribution in [0.15, 0.2) is 83.8 Å². The summed E-state index contributed by atoms with van der Waals surface area (Å²) in [7, 11) is 0. The molecule has 1 heterocycles. The molecule has 0 aliphatic carbocycles. The molecule has 8 heteroatoms. The molecule has 1 saturated heterocycles. The third kappa shape index (κ3) is 5.04. The fourth-order valence-corrected chi connectivity index (χ4v) is 3.80. The second-order valence-electron chi connectivity index (χ2n) is 6.77. The number of nitrogens with one attached hydrogen (secondary N) is 1. The highest BCUT2D eigenvalue weighted by Crippen LogP contribution is 2.35. The van der Waals surface area contributed by atoms with E-state index in [0.29, 0.717) is 27.6 Å². The molecular weight excluding hydrogens is 431 g/mol. The molecule has 1 fully saturated rings. The van der Waals surface area contributed by atoms with Crippen molar-refractivity contribution in [3.05, 3.63) is 95.1 Å². The van der Waals surface area contributed by atoms with Gasteiger partial charge >= 0.3 is 0 Å². The standard InChI is InChI=1S/C24H17FN2O4S/c25-17-8-10-18(11-9-17)26-22(28)15-31-20-12-6-16(7-13-20)14-21-23(29)27(24(30)32-21)19-4-2-1-3-5-19/h1-14H,15H2,(H,26,28)/b21-14+. The van der Waals surface area contributed by atoms with Crippen molar-refractivity contribution < 1.29 is 23.5 Å². The quantitative estimate of drug-likeness (QED) is 0.532. The molecule has 0 atom stereocenters. The largest absolute Gasteiger partial charge is 0.484 e. The zero-order valence-corrected chi connectivity index (χ0v) is 17.5. The van der Waals surface area contributed by atoms with Crippen LogP contribution in [0.1, 0.15) is 5.56 Å². The summed E-state index contributed by atoms with van der Waals surface area (Å²) < 4.78 is 18.4. The van der Waals surface area contributed by atoms with Gasteiger partial charge < -0.3 is 10.1 Å². The normalized spacial score (nSPS) is 14.7. The number of benzene rings is 3. The Labute approximate surface area is 187 Å². The number of nitrogens with zero attached hydrogens (tertiary/aromatic N) is 1. The smallest absolute Gasteiger partial charge is 0.298 e. The van der Waals surface area contributed by atoms with E-state index in [-0.39, 0.29) is 29.5 Å². The average Bonchev–Trinajstić information content (AvgIpc) is 3.08. The summed E-state index contributed by atoms with van der Waals surface area (Å²) in [5, 5.41) is 2.26. The second-order valence-corrected chi connectivity index (χ2v) is 7.76. The highest BCUT2D eigenvalue weighted by Gasteiger charge is 2.36. The van der Waals surface area contributed by atoms with Gasteiger partial charge in [-0.3, -0.25) is 14.4 Å². The van der Waals surface area contributed by atoms with Crippen LogP contribution in [-0.2, 0) is 9.59 Å². The molecule has 32 heavy (non-hydrogen) atoms. The molecule has 160 valence electrons. The van der Waals surface area contributed by atoms with Gasteiger partial charge in [0, 0.05) is 5.69 Å². The summed E-state index contributed by atoms with van der Waals surface area (Å²) in [4.78, 5) is 38.4. The van der Waals surface area contributed by atoms with Crippen LogP contribution < -0.4 is 15.0 Å². The van der Waals surface area contributed by atoms with E-state index in [1.54, 1.807) is 54.6 Å². The van der Waals surface area contributed by atoms with E-state index in [2.05, 4.69) is 5.32 Å². The molecule has 1 aliphatic rings. The van der Waals surface area contributed by atoms with Crippen LogP contribution in [0.3, 0.4) is 0 Å². The molecule has 1 aliphatic heterocycles. The molecule has 3 amide bonds. The fraction of sp³-hybridized carbons (Fsp3) is 0.0417. The van der Waals surface area contributed by atoms with E-state index < -0.39 is 0 Å². The molecule has 3 aromatic rings. The van der Waals surface area contributed by atoms with E-state index in [9.17, 15) is 18.8 Å². The first-order chi connectivity index (χ1) is 15.5. The number of hydrogen-bond acceptors (Lipinski definition) is 5. The van der Waals surface area contributed by atoms with Crippen molar-refractivity contribution in [2.75, 3.05) is 16.8 Å². The van der Waals surface area contributed by atoms with Crippen molar-refractivity contribution in [3.63, 3.8) is 0 Å². The van der Waals surface area contributed by atoms with Gasteiger partial charge in [-0.05, 0) is 71.9 Å². The van der Waals surface area contributed by atoms with Crippen LogP contribution in [0.5, 0.6) is 5.75 Å². The summed E-state index contributed by atoms with van der Waals surface area (Å²) in [5.74, 6) is -0.669. The number of carbonyl (C=O) groups is 3. The molecule has 0 unspecified atom stereocenters. The Kier molecular flexibility index (Phi) is 6.32. The van der Waals surface area contributed by atoms with E-state index in [0.717, 1.165) is 16.7 Å². The van der Waals surface area contributed by atoms with E-state index in [4.69, 9.17) is 4.74 Å². The minimum Gasteiger partial charge on any atom is -0.484 e. The van der Waals surface area contributed by atoms with Gasteiger partial charge in [-0.1, -0.05) is 30.3 Å². The highest BCUT2D eigenvalue weighted by molar-refractivity contribution is 8.19. The summed E-state index contributed by atoms with van der Waals surface area (Å²) in [6.07, 6.45) is 1.64. The first-order valence-corrected chi connectivity index (χ1v) is 10.4. The van der Waals surface area contributed by atoms with Gasteiger partial charge in [-0.2, -0.15) is 0 Å². The van der Waals surface area contributed by atoms with Gasteiger partial charge in [-0.25, -0.2) is 9.29 Å². The van der Waals surface area contributed by atoms with Crippen LogP contribution in [-0.4, -0.2) is 23.7 Å². The van der Waals surface area contributed by atoms with Crippen LogP contribution in [0.2, 0.25) is 0 Å². The number of para-hydroxylation sites is 1. The Balaban J connectivity index is 1.36. The zero-order valence-electron chi connectivity index (χ0n) is 16.7. The minimum atomic E-state index is -0.385. The van der Waals surface area contributed by atoms with E-state index >= 15 is 0 Å². The molecule has 3 aromatic carbocycles. The number of rotatable bonds is 6. The molecule has 0 aromatic heterocycles. The highest BCUT2D eigenvalue weighted by atomic mass is 32.2. The topological polar surface area (TPSA) is 75.7 Å². The lowest BCUT2D eigenvalue weighted by Gasteiger charge is -2.11. The Morgan fingerprint density at radius 2 is 1.66 bits per heavy atom. The van der Waals surface area contributed by atoms with Gasteiger partial charge in [0.25, 0.3) is 17.1 Å². The van der Waals surface area contributed by atoms with Crippen LogP contribution in [0, 0.1) is 5.82 Å². The Morgan fingerprint density at radius 1 is 0.969 bits per heavy atom. The maximum Gasteiger partial charge on any atom is 0.298 e. The summed E-state index contributed by atoms with van der Waals surface area (Å²) in [5.41, 5.74) is 1.72. The second kappa shape index (κ2) is 9.49. The maximum absolute atomic E-state index is 12.9. The number of anilines is 2. The van der Waals surface area contributed by atoms with Gasteiger partial charge in [0.1, 0.15) is 11.6 Å². The number of ether oxygens (including phenoxy) is 1. The molecule has 1 N–H and O–H groups in total. The number of imide groups is 1. The van der Waals surface area contributed by atoms with Crippen LogP contribution in [0.4, 0.5) is 20.6 Å². The number of amides is 3.